The molecule has 1 aliphatic rings. The van der Waals surface area contributed by atoms with Gasteiger partial charge in [-0.3, -0.25) is 15.1 Å². The maximum absolute atomic E-state index is 11.5. The van der Waals surface area contributed by atoms with E-state index in [1.54, 1.807) is 12.1 Å². The molecule has 128 valence electrons. The van der Waals surface area contributed by atoms with E-state index in [0.717, 1.165) is 22.6 Å². The van der Waals surface area contributed by atoms with E-state index in [2.05, 4.69) is 5.32 Å². The average molecular weight is 343 g/mol. The van der Waals surface area contributed by atoms with Gasteiger partial charge in [0.05, 0.1) is 33.6 Å². The lowest BCUT2D eigenvalue weighted by Crippen LogP contribution is -2.15. The minimum absolute atomic E-state index is 0.122. The number of nitrogens with one attached hydrogen (secondary N) is 1. The Bertz CT molecular complexity index is 983. The summed E-state index contributed by atoms with van der Waals surface area (Å²) in [5, 5.41) is 14.9. The molecule has 26 heavy (non-hydrogen) atoms. The highest BCUT2D eigenvalue weighted by atomic mass is 16.6. The molecular weight excluding hydrogens is 326 g/mol. The molecule has 1 heterocycles. The van der Waals surface area contributed by atoms with Gasteiger partial charge in [-0.25, -0.2) is 0 Å². The topological polar surface area (TPSA) is 67.5 Å². The van der Waals surface area contributed by atoms with E-state index in [4.69, 9.17) is 4.99 Å². The second kappa shape index (κ2) is 6.80. The van der Waals surface area contributed by atoms with Crippen molar-refractivity contribution < 1.29 is 4.92 Å². The molecule has 4 rings (SSSR count). The second-order valence-corrected chi connectivity index (χ2v) is 6.16. The van der Waals surface area contributed by atoms with Crippen molar-refractivity contribution in [3.8, 4) is 0 Å². The van der Waals surface area contributed by atoms with Crippen molar-refractivity contribution in [2.24, 2.45) is 4.99 Å². The first-order chi connectivity index (χ1) is 12.7. The molecule has 1 aliphatic heterocycles. The lowest BCUT2D eigenvalue weighted by molar-refractivity contribution is -0.385. The first-order valence-corrected chi connectivity index (χ1v) is 8.44. The third-order valence-electron chi connectivity index (χ3n) is 4.50. The van der Waals surface area contributed by atoms with E-state index in [0.29, 0.717) is 12.0 Å². The number of hydrogen-bond acceptors (Lipinski definition) is 4. The van der Waals surface area contributed by atoms with Crippen molar-refractivity contribution in [3.05, 3.63) is 100 Å². The number of hydrogen-bond donors (Lipinski definition) is 1. The first kappa shape index (κ1) is 16.0. The molecular formula is C21H17N3O2. The maximum Gasteiger partial charge on any atom is 0.274 e. The molecule has 0 spiro atoms. The van der Waals surface area contributed by atoms with E-state index >= 15 is 0 Å². The van der Waals surface area contributed by atoms with Crippen molar-refractivity contribution in [2.75, 3.05) is 5.32 Å². The highest BCUT2D eigenvalue weighted by molar-refractivity contribution is 6.04. The standard InChI is InChI=1S/C21H17N3O2/c25-24(26)21-13-7-4-10-16(21)20-14-19(15-8-2-1-3-9-15)22-17-11-5-6-12-18(17)23-20/h1-13,20,23H,14H2. The van der Waals surface area contributed by atoms with Crippen LogP contribution in [0.5, 0.6) is 0 Å². The van der Waals surface area contributed by atoms with Crippen LogP contribution in [0.4, 0.5) is 17.1 Å². The van der Waals surface area contributed by atoms with Gasteiger partial charge in [-0.05, 0) is 17.7 Å². The molecule has 5 heteroatoms. The average Bonchev–Trinajstić information content (AvgIpc) is 2.88. The highest BCUT2D eigenvalue weighted by Gasteiger charge is 2.26. The third kappa shape index (κ3) is 3.07. The smallest absolute Gasteiger partial charge is 0.274 e. The van der Waals surface area contributed by atoms with Gasteiger partial charge in [-0.1, -0.05) is 60.7 Å². The minimum Gasteiger partial charge on any atom is -0.376 e. The molecule has 5 nitrogen and oxygen atoms in total. The van der Waals surface area contributed by atoms with Gasteiger partial charge in [-0.2, -0.15) is 0 Å². The molecule has 0 saturated heterocycles. The first-order valence-electron chi connectivity index (χ1n) is 8.44. The second-order valence-electron chi connectivity index (χ2n) is 6.16. The molecule has 1 N–H and O–H groups in total. The van der Waals surface area contributed by atoms with Gasteiger partial charge in [0.2, 0.25) is 0 Å². The van der Waals surface area contributed by atoms with E-state index in [-0.39, 0.29) is 16.7 Å². The summed E-state index contributed by atoms with van der Waals surface area (Å²) < 4.78 is 0. The Morgan fingerprint density at radius 2 is 1.62 bits per heavy atom. The number of nitro groups is 1. The van der Waals surface area contributed by atoms with Crippen LogP contribution in [-0.2, 0) is 0 Å². The fourth-order valence-corrected chi connectivity index (χ4v) is 3.27. The van der Waals surface area contributed by atoms with Crippen LogP contribution in [-0.4, -0.2) is 10.6 Å². The predicted octanol–water partition coefficient (Wildman–Crippen LogP) is 5.27. The van der Waals surface area contributed by atoms with Crippen LogP contribution >= 0.6 is 0 Å². The fraction of sp³-hybridized carbons (Fsp3) is 0.0952. The number of anilines is 1. The van der Waals surface area contributed by atoms with Crippen LogP contribution < -0.4 is 5.32 Å². The minimum atomic E-state index is -0.326. The Morgan fingerprint density at radius 1 is 0.923 bits per heavy atom. The maximum atomic E-state index is 11.5. The normalized spacial score (nSPS) is 16.0. The molecule has 0 fully saturated rings. The lowest BCUT2D eigenvalue weighted by Gasteiger charge is -2.19. The number of benzene rings is 3. The SMILES string of the molecule is O=[N+]([O-])c1ccccc1C1CC(c2ccccc2)=Nc2ccccc2N1. The summed E-state index contributed by atoms with van der Waals surface area (Å²) in [6, 6.07) is 24.4. The number of fused-ring (bicyclic) bond motifs is 1. The molecule has 0 amide bonds. The number of nitrogens with zero attached hydrogens (tertiary/aromatic N) is 2. The summed E-state index contributed by atoms with van der Waals surface area (Å²) in [4.78, 5) is 16.0. The van der Waals surface area contributed by atoms with Crippen LogP contribution in [0.15, 0.2) is 83.9 Å². The zero-order valence-corrected chi connectivity index (χ0v) is 14.0. The van der Waals surface area contributed by atoms with E-state index in [9.17, 15) is 10.1 Å². The van der Waals surface area contributed by atoms with Gasteiger partial charge < -0.3 is 5.32 Å². The molecule has 1 atom stereocenters. The summed E-state index contributed by atoms with van der Waals surface area (Å²) in [6.07, 6.45) is 0.559. The van der Waals surface area contributed by atoms with Gasteiger partial charge in [0, 0.05) is 12.5 Å². The number of rotatable bonds is 3. The third-order valence-corrected chi connectivity index (χ3v) is 4.50. The summed E-state index contributed by atoms with van der Waals surface area (Å²) in [7, 11) is 0. The van der Waals surface area contributed by atoms with Crippen LogP contribution in [0.3, 0.4) is 0 Å². The molecule has 0 radical (unpaired) electrons. The summed E-state index contributed by atoms with van der Waals surface area (Å²) in [5.74, 6) is 0. The van der Waals surface area contributed by atoms with Crippen molar-refractivity contribution in [3.63, 3.8) is 0 Å². The van der Waals surface area contributed by atoms with E-state index < -0.39 is 0 Å². The fourth-order valence-electron chi connectivity index (χ4n) is 3.27. The molecule has 0 bridgehead atoms. The number of para-hydroxylation sites is 3. The lowest BCUT2D eigenvalue weighted by atomic mass is 9.96. The van der Waals surface area contributed by atoms with Gasteiger partial charge in [0.1, 0.15) is 0 Å². The van der Waals surface area contributed by atoms with Gasteiger partial charge >= 0.3 is 0 Å². The van der Waals surface area contributed by atoms with Crippen molar-refractivity contribution in [2.45, 2.75) is 12.5 Å². The summed E-state index contributed by atoms with van der Waals surface area (Å²) in [6.45, 7) is 0. The summed E-state index contributed by atoms with van der Waals surface area (Å²) >= 11 is 0. The monoisotopic (exact) mass is 343 g/mol. The molecule has 0 saturated carbocycles. The molecule has 3 aromatic carbocycles. The van der Waals surface area contributed by atoms with Crippen molar-refractivity contribution >= 4 is 22.8 Å². The zero-order chi connectivity index (χ0) is 17.9. The highest BCUT2D eigenvalue weighted by Crippen LogP contribution is 2.37. The van der Waals surface area contributed by atoms with Crippen LogP contribution in [0.2, 0.25) is 0 Å². The molecule has 0 aliphatic carbocycles. The van der Waals surface area contributed by atoms with Crippen molar-refractivity contribution in [1.82, 2.24) is 0 Å². The van der Waals surface area contributed by atoms with E-state index in [1.165, 1.54) is 0 Å². The Balaban J connectivity index is 1.84. The Hall–Kier alpha value is -3.47. The molecule has 3 aromatic rings. The molecule has 1 unspecified atom stereocenters. The van der Waals surface area contributed by atoms with E-state index in [1.807, 2.05) is 66.7 Å². The Labute approximate surface area is 151 Å². The quantitative estimate of drug-likeness (QED) is 0.520. The predicted molar refractivity (Wildman–Crippen MR) is 103 cm³/mol. The van der Waals surface area contributed by atoms with Crippen LogP contribution in [0, 0.1) is 10.1 Å². The van der Waals surface area contributed by atoms with Crippen LogP contribution in [0.1, 0.15) is 23.6 Å². The Morgan fingerprint density at radius 3 is 2.42 bits per heavy atom. The largest absolute Gasteiger partial charge is 0.376 e. The number of nitro benzene ring substituents is 1. The molecule has 0 aromatic heterocycles. The van der Waals surface area contributed by atoms with Crippen molar-refractivity contribution in [1.29, 1.82) is 0 Å². The Kier molecular flexibility index (Phi) is 4.19. The van der Waals surface area contributed by atoms with Crippen LogP contribution in [0.25, 0.3) is 0 Å². The van der Waals surface area contributed by atoms with Gasteiger partial charge in [0.25, 0.3) is 5.69 Å². The number of aliphatic imine (C=N–C) groups is 1. The van der Waals surface area contributed by atoms with Gasteiger partial charge in [-0.15, -0.1) is 0 Å². The summed E-state index contributed by atoms with van der Waals surface area (Å²) in [5.41, 5.74) is 4.43. The van der Waals surface area contributed by atoms with Gasteiger partial charge in [0.15, 0.2) is 0 Å². The zero-order valence-electron chi connectivity index (χ0n) is 14.0.